The number of hydrogen-bond donors (Lipinski definition) is 1. The summed E-state index contributed by atoms with van der Waals surface area (Å²) in [7, 11) is -3.95. The second-order valence-electron chi connectivity index (χ2n) is 5.60. The average molecular weight is 428 g/mol. The molecule has 1 aliphatic rings. The molecule has 0 saturated heterocycles. The smallest absolute Gasteiger partial charge is 0.303 e. The predicted octanol–water partition coefficient (Wildman–Crippen LogP) is 2.01. The van der Waals surface area contributed by atoms with Crippen LogP contribution in [0.25, 0.3) is 5.69 Å². The Labute approximate surface area is 153 Å². The fourth-order valence-corrected chi connectivity index (χ4v) is 4.95. The highest BCUT2D eigenvalue weighted by atomic mass is 35.5. The zero-order chi connectivity index (χ0) is 20.3. The Bertz CT molecular complexity index is 1140. The van der Waals surface area contributed by atoms with Gasteiger partial charge in [-0.15, -0.1) is 0 Å². The number of halogens is 5. The molecule has 2 aromatic rings. The van der Waals surface area contributed by atoms with Crippen LogP contribution >= 0.6 is 11.6 Å². The van der Waals surface area contributed by atoms with Crippen LogP contribution in [-0.2, 0) is 22.0 Å². The van der Waals surface area contributed by atoms with Crippen LogP contribution in [0.1, 0.15) is 18.2 Å². The summed E-state index contributed by atoms with van der Waals surface area (Å²) in [4.78, 5) is 25.7. The molecule has 27 heavy (non-hydrogen) atoms. The molecule has 0 spiro atoms. The molecule has 0 unspecified atom stereocenters. The van der Waals surface area contributed by atoms with Crippen molar-refractivity contribution in [1.82, 2.24) is 9.55 Å². The number of aromatic amines is 1. The monoisotopic (exact) mass is 427 g/mol. The van der Waals surface area contributed by atoms with E-state index in [1.54, 1.807) is 0 Å². The highest BCUT2D eigenvalue weighted by molar-refractivity contribution is 7.92. The van der Waals surface area contributed by atoms with E-state index in [0.717, 1.165) is 4.31 Å². The lowest BCUT2D eigenvalue weighted by Gasteiger charge is -2.18. The summed E-state index contributed by atoms with van der Waals surface area (Å²) in [5, 5.41) is -0.273. The van der Waals surface area contributed by atoms with Crippen LogP contribution in [0.4, 0.5) is 23.2 Å². The van der Waals surface area contributed by atoms with Crippen molar-refractivity contribution >= 4 is 27.3 Å². The van der Waals surface area contributed by atoms with Gasteiger partial charge in [0.05, 0.1) is 22.2 Å². The molecule has 1 aliphatic heterocycles. The Morgan fingerprint density at radius 1 is 1.22 bits per heavy atom. The summed E-state index contributed by atoms with van der Waals surface area (Å²) in [6.45, 7) is 1.43. The topological polar surface area (TPSA) is 92.2 Å². The number of nitrogens with one attached hydrogen (secondary N) is 1. The van der Waals surface area contributed by atoms with E-state index in [2.05, 4.69) is 0 Å². The van der Waals surface area contributed by atoms with Gasteiger partial charge in [-0.05, 0) is 13.0 Å². The number of benzene rings is 1. The third kappa shape index (κ3) is 3.02. The van der Waals surface area contributed by atoms with E-state index in [-0.39, 0.29) is 33.5 Å². The predicted molar refractivity (Wildman–Crippen MR) is 88.3 cm³/mol. The van der Waals surface area contributed by atoms with Crippen LogP contribution in [0.2, 0.25) is 5.02 Å². The summed E-state index contributed by atoms with van der Waals surface area (Å²) in [5.74, 6) is -1.99. The third-order valence-corrected chi connectivity index (χ3v) is 5.99. The molecule has 0 aliphatic carbocycles. The van der Waals surface area contributed by atoms with Crippen LogP contribution in [0.5, 0.6) is 0 Å². The lowest BCUT2D eigenvalue weighted by atomic mass is 10.1. The Balaban J connectivity index is 2.39. The highest BCUT2D eigenvalue weighted by Gasteiger charge is 2.39. The van der Waals surface area contributed by atoms with Crippen molar-refractivity contribution < 1.29 is 26.0 Å². The van der Waals surface area contributed by atoms with Gasteiger partial charge in [-0.3, -0.25) is 9.10 Å². The zero-order valence-corrected chi connectivity index (χ0v) is 15.0. The number of rotatable bonds is 2. The van der Waals surface area contributed by atoms with E-state index >= 15 is 0 Å². The highest BCUT2D eigenvalue weighted by Crippen LogP contribution is 2.43. The first kappa shape index (κ1) is 19.4. The van der Waals surface area contributed by atoms with E-state index in [9.17, 15) is 35.6 Å². The summed E-state index contributed by atoms with van der Waals surface area (Å²) in [6, 6.07) is 0.783. The largest absolute Gasteiger partial charge is 0.431 e. The van der Waals surface area contributed by atoms with Crippen molar-refractivity contribution in [2.24, 2.45) is 0 Å². The second kappa shape index (κ2) is 6.09. The second-order valence-corrected chi connectivity index (χ2v) is 7.90. The first-order valence-corrected chi connectivity index (χ1v) is 9.32. The van der Waals surface area contributed by atoms with Crippen molar-refractivity contribution in [1.29, 1.82) is 0 Å². The van der Waals surface area contributed by atoms with Crippen LogP contribution in [0.3, 0.4) is 0 Å². The number of sulfonamides is 1. The van der Waals surface area contributed by atoms with Crippen LogP contribution in [0, 0.1) is 5.82 Å². The summed E-state index contributed by atoms with van der Waals surface area (Å²) in [5.41, 5.74) is -5.81. The SMILES string of the molecule is CCN1c2c(Cl)cc(F)c(-n3c(=O)cc(C(F)(F)F)[nH]c3=O)c2CS1(=O)=O. The summed E-state index contributed by atoms with van der Waals surface area (Å²) < 4.78 is 78.3. The van der Waals surface area contributed by atoms with Crippen molar-refractivity contribution in [2.75, 3.05) is 10.8 Å². The van der Waals surface area contributed by atoms with Crippen LogP contribution in [-0.4, -0.2) is 24.5 Å². The van der Waals surface area contributed by atoms with Crippen molar-refractivity contribution in [3.8, 4) is 5.69 Å². The molecule has 0 saturated carbocycles. The number of fused-ring (bicyclic) bond motifs is 1. The van der Waals surface area contributed by atoms with Gasteiger partial charge >= 0.3 is 11.9 Å². The molecular weight excluding hydrogens is 418 g/mol. The minimum Gasteiger partial charge on any atom is -0.303 e. The number of alkyl halides is 3. The van der Waals surface area contributed by atoms with Crippen molar-refractivity contribution in [3.63, 3.8) is 0 Å². The molecule has 1 N–H and O–H groups in total. The Hall–Kier alpha value is -2.34. The van der Waals surface area contributed by atoms with Gasteiger partial charge < -0.3 is 4.98 Å². The molecule has 146 valence electrons. The number of aromatic nitrogens is 2. The molecule has 13 heteroatoms. The molecule has 0 radical (unpaired) electrons. The van der Waals surface area contributed by atoms with Crippen molar-refractivity contribution in [3.05, 3.63) is 55.1 Å². The van der Waals surface area contributed by atoms with Gasteiger partial charge in [-0.1, -0.05) is 11.6 Å². The summed E-state index contributed by atoms with van der Waals surface area (Å²) >= 11 is 5.93. The number of hydrogen-bond acceptors (Lipinski definition) is 4. The van der Waals surface area contributed by atoms with E-state index in [0.29, 0.717) is 6.07 Å². The molecule has 2 heterocycles. The molecular formula is C14H10ClF4N3O4S. The van der Waals surface area contributed by atoms with Gasteiger partial charge in [0.15, 0.2) is 0 Å². The van der Waals surface area contributed by atoms with Gasteiger partial charge in [-0.25, -0.2) is 22.2 Å². The Kier molecular flexibility index (Phi) is 4.38. The Morgan fingerprint density at radius 2 is 1.85 bits per heavy atom. The van der Waals surface area contributed by atoms with Gasteiger partial charge in [-0.2, -0.15) is 13.2 Å². The molecule has 3 rings (SSSR count). The maximum atomic E-state index is 14.5. The molecule has 0 amide bonds. The van der Waals surface area contributed by atoms with E-state index < -0.39 is 50.4 Å². The minimum atomic E-state index is -5.00. The number of nitrogens with zero attached hydrogens (tertiary/aromatic N) is 2. The van der Waals surface area contributed by atoms with E-state index in [1.165, 1.54) is 11.9 Å². The quantitative estimate of drug-likeness (QED) is 0.742. The molecule has 1 aromatic heterocycles. The fourth-order valence-electron chi connectivity index (χ4n) is 2.91. The maximum absolute atomic E-state index is 14.5. The Morgan fingerprint density at radius 3 is 2.37 bits per heavy atom. The van der Waals surface area contributed by atoms with Gasteiger partial charge in [0.1, 0.15) is 11.5 Å². The molecule has 0 fully saturated rings. The molecule has 0 bridgehead atoms. The first-order chi connectivity index (χ1) is 12.4. The normalized spacial score (nSPS) is 15.9. The molecule has 7 nitrogen and oxygen atoms in total. The van der Waals surface area contributed by atoms with Gasteiger partial charge in [0.2, 0.25) is 10.0 Å². The van der Waals surface area contributed by atoms with Crippen molar-refractivity contribution in [2.45, 2.75) is 18.9 Å². The van der Waals surface area contributed by atoms with Gasteiger partial charge in [0.25, 0.3) is 5.56 Å². The molecule has 1 aromatic carbocycles. The lowest BCUT2D eigenvalue weighted by Crippen LogP contribution is -2.37. The number of anilines is 1. The summed E-state index contributed by atoms with van der Waals surface area (Å²) in [6.07, 6.45) is -5.00. The molecule has 0 atom stereocenters. The first-order valence-electron chi connectivity index (χ1n) is 7.33. The lowest BCUT2D eigenvalue weighted by molar-refractivity contribution is -0.141. The number of H-pyrrole nitrogens is 1. The fraction of sp³-hybridized carbons (Fsp3) is 0.286. The third-order valence-electron chi connectivity index (χ3n) is 3.94. The maximum Gasteiger partial charge on any atom is 0.431 e. The van der Waals surface area contributed by atoms with E-state index in [1.807, 2.05) is 0 Å². The van der Waals surface area contributed by atoms with E-state index in [4.69, 9.17) is 11.6 Å². The zero-order valence-electron chi connectivity index (χ0n) is 13.4. The standard InChI is InChI=1S/C14H10ClF4N3O4S/c1-2-21-11-6(5-27(21,25)26)12(8(16)3-7(11)15)22-10(23)4-9(14(17,18)19)20-13(22)24/h3-4H,2,5H2,1H3,(H,20,24). The average Bonchev–Trinajstić information content (AvgIpc) is 2.79. The van der Waals surface area contributed by atoms with Crippen LogP contribution < -0.4 is 15.6 Å². The van der Waals surface area contributed by atoms with Gasteiger partial charge in [0, 0.05) is 18.2 Å². The minimum absolute atomic E-state index is 0.0571. The van der Waals surface area contributed by atoms with Crippen LogP contribution in [0.15, 0.2) is 21.7 Å².